The molecule has 0 heterocycles. The van der Waals surface area contributed by atoms with Crippen molar-refractivity contribution < 1.29 is 0 Å². The van der Waals surface area contributed by atoms with Crippen molar-refractivity contribution in [1.82, 2.24) is 0 Å². The second-order valence-electron chi connectivity index (χ2n) is 3.94. The summed E-state index contributed by atoms with van der Waals surface area (Å²) in [5.41, 5.74) is 21.3. The van der Waals surface area contributed by atoms with E-state index in [-0.39, 0.29) is 0 Å². The molecule has 0 aliphatic carbocycles. The molecule has 17 heavy (non-hydrogen) atoms. The highest BCUT2D eigenvalue weighted by Crippen LogP contribution is 2.18. The molecule has 0 spiro atoms. The van der Waals surface area contributed by atoms with E-state index in [1.807, 2.05) is 36.4 Å². The fraction of sp³-hybridized carbons (Fsp3) is 0.0769. The van der Waals surface area contributed by atoms with Crippen LogP contribution in [0, 0.1) is 0 Å². The van der Waals surface area contributed by atoms with Gasteiger partial charge < -0.3 is 22.5 Å². The average Bonchev–Trinajstić information content (AvgIpc) is 2.28. The largest absolute Gasteiger partial charge is 0.399 e. The van der Waals surface area contributed by atoms with Crippen LogP contribution in [-0.2, 0) is 6.54 Å². The number of hydrogen-bond donors (Lipinski definition) is 4. The molecule has 0 aliphatic heterocycles. The highest BCUT2D eigenvalue weighted by Gasteiger charge is 1.99. The van der Waals surface area contributed by atoms with Crippen LogP contribution < -0.4 is 22.5 Å². The number of anilines is 4. The molecule has 0 radical (unpaired) electrons. The third kappa shape index (κ3) is 2.81. The normalized spacial score (nSPS) is 10.1. The van der Waals surface area contributed by atoms with Crippen LogP contribution in [0.5, 0.6) is 0 Å². The van der Waals surface area contributed by atoms with Gasteiger partial charge in [0, 0.05) is 29.3 Å². The summed E-state index contributed by atoms with van der Waals surface area (Å²) < 4.78 is 0. The number of rotatable bonds is 3. The van der Waals surface area contributed by atoms with Crippen molar-refractivity contribution in [3.8, 4) is 0 Å². The van der Waals surface area contributed by atoms with Crippen LogP contribution in [0.25, 0.3) is 0 Å². The molecule has 2 rings (SSSR count). The van der Waals surface area contributed by atoms with Crippen LogP contribution in [0.15, 0.2) is 42.5 Å². The van der Waals surface area contributed by atoms with Crippen LogP contribution in [0.4, 0.5) is 22.7 Å². The zero-order chi connectivity index (χ0) is 12.3. The molecule has 0 aromatic heterocycles. The van der Waals surface area contributed by atoms with Gasteiger partial charge in [-0.3, -0.25) is 0 Å². The molecule has 0 fully saturated rings. The van der Waals surface area contributed by atoms with Gasteiger partial charge in [-0.05, 0) is 35.9 Å². The van der Waals surface area contributed by atoms with Gasteiger partial charge in [0.25, 0.3) is 0 Å². The first-order valence-corrected chi connectivity index (χ1v) is 5.38. The van der Waals surface area contributed by atoms with Gasteiger partial charge in [-0.25, -0.2) is 0 Å². The molecule has 0 bridgehead atoms. The molecule has 0 atom stereocenters. The van der Waals surface area contributed by atoms with Crippen molar-refractivity contribution in [2.45, 2.75) is 6.54 Å². The lowest BCUT2D eigenvalue weighted by molar-refractivity contribution is 1.15. The summed E-state index contributed by atoms with van der Waals surface area (Å²) in [6.07, 6.45) is 0. The molecular weight excluding hydrogens is 212 g/mol. The molecule has 7 N–H and O–H groups in total. The second kappa shape index (κ2) is 4.65. The summed E-state index contributed by atoms with van der Waals surface area (Å²) >= 11 is 0. The van der Waals surface area contributed by atoms with Gasteiger partial charge in [0.2, 0.25) is 0 Å². The van der Waals surface area contributed by atoms with Crippen LogP contribution in [0.3, 0.4) is 0 Å². The summed E-state index contributed by atoms with van der Waals surface area (Å²) in [6.45, 7) is 0.648. The van der Waals surface area contributed by atoms with E-state index in [0.717, 1.165) is 16.9 Å². The molecule has 0 aliphatic rings. The lowest BCUT2D eigenvalue weighted by Gasteiger charge is -2.09. The standard InChI is InChI=1S/C13H16N4/c14-10-2-1-3-12(6-10)17-8-9-4-5-11(15)7-13(9)16/h1-7,17H,8,14-16H2. The highest BCUT2D eigenvalue weighted by molar-refractivity contribution is 5.59. The molecule has 0 saturated heterocycles. The van der Waals surface area contributed by atoms with E-state index in [1.165, 1.54) is 0 Å². The van der Waals surface area contributed by atoms with Gasteiger partial charge in [-0.2, -0.15) is 0 Å². The predicted molar refractivity (Wildman–Crippen MR) is 73.4 cm³/mol. The minimum absolute atomic E-state index is 0.648. The Balaban J connectivity index is 2.07. The minimum Gasteiger partial charge on any atom is -0.399 e. The Morgan fingerprint density at radius 3 is 2.35 bits per heavy atom. The van der Waals surface area contributed by atoms with E-state index < -0.39 is 0 Å². The first-order valence-electron chi connectivity index (χ1n) is 5.38. The van der Waals surface area contributed by atoms with Gasteiger partial charge in [0.15, 0.2) is 0 Å². The van der Waals surface area contributed by atoms with E-state index in [4.69, 9.17) is 17.2 Å². The second-order valence-corrected chi connectivity index (χ2v) is 3.94. The summed E-state index contributed by atoms with van der Waals surface area (Å²) in [5, 5.41) is 3.26. The zero-order valence-electron chi connectivity index (χ0n) is 9.48. The van der Waals surface area contributed by atoms with Crippen LogP contribution in [-0.4, -0.2) is 0 Å². The van der Waals surface area contributed by atoms with Crippen LogP contribution in [0.1, 0.15) is 5.56 Å². The third-order valence-electron chi connectivity index (χ3n) is 2.54. The molecule has 4 heteroatoms. The number of benzene rings is 2. The Bertz CT molecular complexity index is 523. The van der Waals surface area contributed by atoms with Crippen molar-refractivity contribution >= 4 is 22.7 Å². The maximum atomic E-state index is 5.87. The predicted octanol–water partition coefficient (Wildman–Crippen LogP) is 2.05. The maximum absolute atomic E-state index is 5.87. The number of nitrogen functional groups attached to an aromatic ring is 3. The third-order valence-corrected chi connectivity index (χ3v) is 2.54. The van der Waals surface area contributed by atoms with E-state index in [9.17, 15) is 0 Å². The van der Waals surface area contributed by atoms with E-state index >= 15 is 0 Å². The van der Waals surface area contributed by atoms with Gasteiger partial charge in [0.05, 0.1) is 0 Å². The van der Waals surface area contributed by atoms with Crippen molar-refractivity contribution in [3.63, 3.8) is 0 Å². The Hall–Kier alpha value is -2.36. The average molecular weight is 228 g/mol. The van der Waals surface area contributed by atoms with Crippen molar-refractivity contribution in [2.24, 2.45) is 0 Å². The van der Waals surface area contributed by atoms with E-state index in [2.05, 4.69) is 5.32 Å². The molecule has 88 valence electrons. The lowest BCUT2D eigenvalue weighted by atomic mass is 10.1. The summed E-state index contributed by atoms with van der Waals surface area (Å²) in [4.78, 5) is 0. The lowest BCUT2D eigenvalue weighted by Crippen LogP contribution is -2.03. The van der Waals surface area contributed by atoms with E-state index in [0.29, 0.717) is 17.9 Å². The fourth-order valence-electron chi connectivity index (χ4n) is 1.62. The highest BCUT2D eigenvalue weighted by atomic mass is 14.9. The number of hydrogen-bond acceptors (Lipinski definition) is 4. The molecule has 0 saturated carbocycles. The van der Waals surface area contributed by atoms with E-state index in [1.54, 1.807) is 6.07 Å². The molecule has 4 nitrogen and oxygen atoms in total. The quantitative estimate of drug-likeness (QED) is 0.605. The Labute approximate surface area is 100 Å². The molecule has 2 aromatic rings. The smallest absolute Gasteiger partial charge is 0.0421 e. The number of nitrogens with two attached hydrogens (primary N) is 3. The zero-order valence-corrected chi connectivity index (χ0v) is 9.48. The number of nitrogens with one attached hydrogen (secondary N) is 1. The van der Waals surface area contributed by atoms with Gasteiger partial charge in [-0.15, -0.1) is 0 Å². The Kier molecular flexibility index (Phi) is 3.05. The van der Waals surface area contributed by atoms with Crippen LogP contribution in [0.2, 0.25) is 0 Å². The summed E-state index contributed by atoms with van der Waals surface area (Å²) in [6, 6.07) is 13.1. The Morgan fingerprint density at radius 2 is 1.65 bits per heavy atom. The van der Waals surface area contributed by atoms with Gasteiger partial charge in [0.1, 0.15) is 0 Å². The summed E-state index contributed by atoms with van der Waals surface area (Å²) in [7, 11) is 0. The molecule has 0 amide bonds. The Morgan fingerprint density at radius 1 is 0.882 bits per heavy atom. The minimum atomic E-state index is 0.648. The van der Waals surface area contributed by atoms with Crippen LogP contribution >= 0.6 is 0 Å². The first kappa shape index (κ1) is 11.1. The van der Waals surface area contributed by atoms with Gasteiger partial charge >= 0.3 is 0 Å². The van der Waals surface area contributed by atoms with Crippen molar-refractivity contribution in [2.75, 3.05) is 22.5 Å². The molecule has 2 aromatic carbocycles. The van der Waals surface area contributed by atoms with Gasteiger partial charge in [-0.1, -0.05) is 12.1 Å². The molecule has 0 unspecified atom stereocenters. The van der Waals surface area contributed by atoms with Crippen molar-refractivity contribution in [1.29, 1.82) is 0 Å². The SMILES string of the molecule is Nc1cccc(NCc2ccc(N)cc2N)c1. The first-order chi connectivity index (χ1) is 8.15. The van der Waals surface area contributed by atoms with Crippen molar-refractivity contribution in [3.05, 3.63) is 48.0 Å². The monoisotopic (exact) mass is 228 g/mol. The molecular formula is C13H16N4. The maximum Gasteiger partial charge on any atom is 0.0421 e. The summed E-state index contributed by atoms with van der Waals surface area (Å²) in [5.74, 6) is 0. The fourth-order valence-corrected chi connectivity index (χ4v) is 1.62. The topological polar surface area (TPSA) is 90.1 Å².